The first kappa shape index (κ1) is 17.5. The number of hydrogen-bond donors (Lipinski definition) is 0. The van der Waals surface area contributed by atoms with Gasteiger partial charge in [-0.15, -0.1) is 10.2 Å². The molecule has 1 aliphatic heterocycles. The first-order valence-corrected chi connectivity index (χ1v) is 10.1. The van der Waals surface area contributed by atoms with Crippen molar-refractivity contribution in [3.05, 3.63) is 51.8 Å². The summed E-state index contributed by atoms with van der Waals surface area (Å²) in [6, 6.07) is 7.48. The smallest absolute Gasteiger partial charge is 0.266 e. The normalized spacial score (nSPS) is 18.8. The predicted octanol–water partition coefficient (Wildman–Crippen LogP) is 1.78. The number of nitrogens with zero attached hydrogens (tertiary/aromatic N) is 7. The fraction of sp³-hybridized carbons (Fsp3) is 0.550. The van der Waals surface area contributed by atoms with E-state index in [1.165, 1.54) is 12.8 Å². The van der Waals surface area contributed by atoms with E-state index in [2.05, 4.69) is 25.3 Å². The molecule has 8 nitrogen and oxygen atoms in total. The molecule has 146 valence electrons. The lowest BCUT2D eigenvalue weighted by atomic mass is 9.97. The van der Waals surface area contributed by atoms with Gasteiger partial charge in [0.1, 0.15) is 0 Å². The monoisotopic (exact) mass is 379 g/mol. The van der Waals surface area contributed by atoms with Gasteiger partial charge in [-0.25, -0.2) is 4.68 Å². The van der Waals surface area contributed by atoms with E-state index in [9.17, 15) is 4.79 Å². The molecule has 0 N–H and O–H groups in total. The van der Waals surface area contributed by atoms with E-state index < -0.39 is 0 Å². The number of likely N-dealkylation sites (tertiary alicyclic amines) is 1. The molecule has 1 saturated heterocycles. The third kappa shape index (κ3) is 3.56. The quantitative estimate of drug-likeness (QED) is 0.672. The Balaban J connectivity index is 1.21. The molecule has 0 radical (unpaired) electrons. The Morgan fingerprint density at radius 3 is 2.61 bits per heavy atom. The highest BCUT2D eigenvalue weighted by Crippen LogP contribution is 2.38. The Labute approximate surface area is 163 Å². The second-order valence-electron chi connectivity index (χ2n) is 8.13. The Morgan fingerprint density at radius 1 is 1.00 bits per heavy atom. The summed E-state index contributed by atoms with van der Waals surface area (Å²) in [5, 5.41) is 17.7. The number of piperidine rings is 1. The predicted molar refractivity (Wildman–Crippen MR) is 104 cm³/mol. The molecule has 5 rings (SSSR count). The average molecular weight is 379 g/mol. The molecule has 0 atom stereocenters. The summed E-state index contributed by atoms with van der Waals surface area (Å²) < 4.78 is 3.53. The number of aromatic nitrogens is 6. The van der Waals surface area contributed by atoms with Gasteiger partial charge in [-0.05, 0) is 69.8 Å². The summed E-state index contributed by atoms with van der Waals surface area (Å²) in [5.74, 6) is 1.95. The zero-order chi connectivity index (χ0) is 19.1. The van der Waals surface area contributed by atoms with E-state index in [0.29, 0.717) is 11.8 Å². The second kappa shape index (κ2) is 7.09. The van der Waals surface area contributed by atoms with Crippen molar-refractivity contribution in [3.63, 3.8) is 0 Å². The maximum absolute atomic E-state index is 12.2. The minimum absolute atomic E-state index is 0.0169. The lowest BCUT2D eigenvalue weighted by Gasteiger charge is -2.31. The van der Waals surface area contributed by atoms with Crippen molar-refractivity contribution in [2.75, 3.05) is 13.1 Å². The fourth-order valence-corrected chi connectivity index (χ4v) is 3.99. The fourth-order valence-electron chi connectivity index (χ4n) is 3.99. The molecule has 1 aliphatic carbocycles. The highest BCUT2D eigenvalue weighted by atomic mass is 16.1. The van der Waals surface area contributed by atoms with Crippen molar-refractivity contribution in [1.82, 2.24) is 34.5 Å². The first-order valence-electron chi connectivity index (χ1n) is 10.1. The molecule has 2 fully saturated rings. The van der Waals surface area contributed by atoms with E-state index in [1.54, 1.807) is 10.7 Å². The molecule has 2 aliphatic rings. The summed E-state index contributed by atoms with van der Waals surface area (Å²) in [6.07, 6.45) is 4.53. The van der Waals surface area contributed by atoms with E-state index >= 15 is 0 Å². The zero-order valence-electron chi connectivity index (χ0n) is 16.2. The molecule has 3 aromatic heterocycles. The minimum atomic E-state index is 0.0169. The van der Waals surface area contributed by atoms with Gasteiger partial charge in [0.15, 0.2) is 11.5 Å². The molecule has 8 heteroatoms. The molecule has 28 heavy (non-hydrogen) atoms. The maximum Gasteiger partial charge on any atom is 0.266 e. The molecule has 0 bridgehead atoms. The van der Waals surface area contributed by atoms with Crippen LogP contribution in [0.3, 0.4) is 0 Å². The van der Waals surface area contributed by atoms with Gasteiger partial charge in [0.2, 0.25) is 0 Å². The number of hydrogen-bond acceptors (Lipinski definition) is 6. The first-order chi connectivity index (χ1) is 13.7. The summed E-state index contributed by atoms with van der Waals surface area (Å²) in [6.45, 7) is 5.43. The van der Waals surface area contributed by atoms with Crippen molar-refractivity contribution in [1.29, 1.82) is 0 Å². The van der Waals surface area contributed by atoms with Crippen LogP contribution in [0.4, 0.5) is 0 Å². The van der Waals surface area contributed by atoms with Crippen molar-refractivity contribution < 1.29 is 0 Å². The van der Waals surface area contributed by atoms with Gasteiger partial charge < -0.3 is 0 Å². The lowest BCUT2D eigenvalue weighted by Crippen LogP contribution is -2.37. The Morgan fingerprint density at radius 2 is 1.82 bits per heavy atom. The van der Waals surface area contributed by atoms with Gasteiger partial charge in [0, 0.05) is 18.5 Å². The van der Waals surface area contributed by atoms with Gasteiger partial charge in [0.05, 0.1) is 17.9 Å². The zero-order valence-corrected chi connectivity index (χ0v) is 16.2. The largest absolute Gasteiger partial charge is 0.296 e. The van der Waals surface area contributed by atoms with E-state index in [4.69, 9.17) is 0 Å². The van der Waals surface area contributed by atoms with Crippen LogP contribution in [0.2, 0.25) is 0 Å². The van der Waals surface area contributed by atoms with Gasteiger partial charge in [-0.3, -0.25) is 9.69 Å². The maximum atomic E-state index is 12.2. The second-order valence-corrected chi connectivity index (χ2v) is 8.13. The minimum Gasteiger partial charge on any atom is -0.296 e. The summed E-state index contributed by atoms with van der Waals surface area (Å²) in [7, 11) is 0. The van der Waals surface area contributed by atoms with Crippen molar-refractivity contribution in [2.45, 2.75) is 51.6 Å². The van der Waals surface area contributed by atoms with Crippen molar-refractivity contribution in [2.24, 2.45) is 5.92 Å². The Bertz CT molecular complexity index is 1040. The molecule has 0 spiro atoms. The van der Waals surface area contributed by atoms with Crippen molar-refractivity contribution in [3.8, 4) is 0 Å². The summed E-state index contributed by atoms with van der Waals surface area (Å²) in [4.78, 5) is 14.6. The molecule has 0 amide bonds. The van der Waals surface area contributed by atoms with Crippen LogP contribution in [0.5, 0.6) is 0 Å². The van der Waals surface area contributed by atoms with Gasteiger partial charge >= 0.3 is 0 Å². The van der Waals surface area contributed by atoms with E-state index in [1.807, 2.05) is 29.6 Å². The Kier molecular flexibility index (Phi) is 4.43. The average Bonchev–Trinajstić information content (AvgIpc) is 3.48. The highest BCUT2D eigenvalue weighted by molar-refractivity contribution is 5.35. The Hall–Kier alpha value is -2.61. The van der Waals surface area contributed by atoms with Crippen LogP contribution in [0.1, 0.15) is 48.8 Å². The van der Waals surface area contributed by atoms with E-state index in [0.717, 1.165) is 61.9 Å². The van der Waals surface area contributed by atoms with Crippen LogP contribution >= 0.6 is 0 Å². The summed E-state index contributed by atoms with van der Waals surface area (Å²) in [5.41, 5.74) is 2.84. The van der Waals surface area contributed by atoms with Crippen LogP contribution in [-0.2, 0) is 13.1 Å². The molecular weight excluding hydrogens is 354 g/mol. The molecular formula is C20H25N7O. The molecule has 3 aromatic rings. The number of fused-ring (bicyclic) bond motifs is 1. The third-order valence-corrected chi connectivity index (χ3v) is 5.85. The van der Waals surface area contributed by atoms with E-state index in [-0.39, 0.29) is 5.56 Å². The SMILES string of the molecule is Cc1ccc2nnc(CN3CCC(Cn4nc(C5CC5)ccc4=O)CC3)n2n1. The molecule has 0 aromatic carbocycles. The van der Waals surface area contributed by atoms with Crippen LogP contribution in [0, 0.1) is 12.8 Å². The molecule has 4 heterocycles. The van der Waals surface area contributed by atoms with Gasteiger partial charge in [-0.1, -0.05) is 0 Å². The van der Waals surface area contributed by atoms with Crippen LogP contribution in [-0.4, -0.2) is 47.6 Å². The van der Waals surface area contributed by atoms with Gasteiger partial charge in [-0.2, -0.15) is 14.7 Å². The standard InChI is InChI=1S/C20H25N7O/c1-14-2-6-18-21-22-19(27(18)23-14)13-25-10-8-15(9-11-25)12-26-20(28)7-5-17(24-26)16-3-4-16/h2,5-7,15-16H,3-4,8-13H2,1H3. The number of rotatable bonds is 5. The van der Waals surface area contributed by atoms with Crippen LogP contribution in [0.15, 0.2) is 29.1 Å². The third-order valence-electron chi connectivity index (χ3n) is 5.85. The highest BCUT2D eigenvalue weighted by Gasteiger charge is 2.26. The molecule has 0 unspecified atom stereocenters. The van der Waals surface area contributed by atoms with Crippen LogP contribution < -0.4 is 5.56 Å². The lowest BCUT2D eigenvalue weighted by molar-refractivity contribution is 0.159. The topological polar surface area (TPSA) is 81.2 Å². The van der Waals surface area contributed by atoms with Crippen LogP contribution in [0.25, 0.3) is 5.65 Å². The van der Waals surface area contributed by atoms with Crippen molar-refractivity contribution >= 4 is 5.65 Å². The molecule has 1 saturated carbocycles. The number of aryl methyl sites for hydroxylation is 1. The summed E-state index contributed by atoms with van der Waals surface area (Å²) >= 11 is 0. The van der Waals surface area contributed by atoms with Gasteiger partial charge in [0.25, 0.3) is 5.56 Å².